The number of fused-ring (bicyclic) bond motifs is 1. The van der Waals surface area contributed by atoms with Crippen molar-refractivity contribution in [3.05, 3.63) is 60.6 Å². The van der Waals surface area contributed by atoms with Gasteiger partial charge in [-0.25, -0.2) is 9.78 Å². The molecule has 4 heteroatoms. The lowest BCUT2D eigenvalue weighted by atomic mass is 10.2. The molecule has 0 radical (unpaired) electrons. The highest BCUT2D eigenvalue weighted by molar-refractivity contribution is 5.88. The minimum Gasteiger partial charge on any atom is -0.457 e. The van der Waals surface area contributed by atoms with E-state index in [1.165, 1.54) is 6.26 Å². The molecule has 0 saturated heterocycles. The second kappa shape index (κ2) is 4.33. The van der Waals surface area contributed by atoms with Crippen LogP contribution in [0.25, 0.3) is 10.9 Å². The molecule has 0 amide bonds. The van der Waals surface area contributed by atoms with Crippen molar-refractivity contribution in [3.8, 4) is 5.88 Å². The van der Waals surface area contributed by atoms with Gasteiger partial charge in [-0.2, -0.15) is 0 Å². The lowest BCUT2D eigenvalue weighted by Crippen LogP contribution is -2.08. The number of nitrogens with zero attached hydrogens (tertiary/aromatic N) is 1. The molecule has 1 aromatic carbocycles. The Morgan fingerprint density at radius 1 is 1.06 bits per heavy atom. The van der Waals surface area contributed by atoms with E-state index in [1.54, 1.807) is 18.2 Å². The van der Waals surface area contributed by atoms with Gasteiger partial charge in [-0.05, 0) is 24.3 Å². The van der Waals surface area contributed by atoms with Crippen molar-refractivity contribution in [2.75, 3.05) is 0 Å². The van der Waals surface area contributed by atoms with E-state index < -0.39 is 5.97 Å². The molecule has 3 rings (SSSR count). The van der Waals surface area contributed by atoms with Gasteiger partial charge in [0.05, 0.1) is 11.8 Å². The number of furan rings is 1. The zero-order valence-corrected chi connectivity index (χ0v) is 9.37. The SMILES string of the molecule is O=C(Oc1ccc2ccccc2n1)c1ccco1. The third-order valence-corrected chi connectivity index (χ3v) is 2.49. The second-order valence-corrected chi connectivity index (χ2v) is 3.71. The van der Waals surface area contributed by atoms with Crippen molar-refractivity contribution >= 4 is 16.9 Å². The van der Waals surface area contributed by atoms with Crippen LogP contribution >= 0.6 is 0 Å². The van der Waals surface area contributed by atoms with Crippen molar-refractivity contribution < 1.29 is 13.9 Å². The number of esters is 1. The Kier molecular flexibility index (Phi) is 2.53. The predicted molar refractivity (Wildman–Crippen MR) is 65.4 cm³/mol. The van der Waals surface area contributed by atoms with E-state index in [2.05, 4.69) is 4.98 Å². The summed E-state index contributed by atoms with van der Waals surface area (Å²) in [6.45, 7) is 0. The van der Waals surface area contributed by atoms with Crippen molar-refractivity contribution in [2.24, 2.45) is 0 Å². The normalized spacial score (nSPS) is 10.4. The minimum absolute atomic E-state index is 0.157. The summed E-state index contributed by atoms with van der Waals surface area (Å²) in [5, 5.41) is 0.996. The van der Waals surface area contributed by atoms with Gasteiger partial charge in [0, 0.05) is 11.5 Å². The van der Waals surface area contributed by atoms with Gasteiger partial charge >= 0.3 is 5.97 Å². The van der Waals surface area contributed by atoms with Crippen LogP contribution in [-0.4, -0.2) is 11.0 Å². The van der Waals surface area contributed by atoms with Crippen LogP contribution in [0.15, 0.2) is 59.2 Å². The van der Waals surface area contributed by atoms with Gasteiger partial charge in [-0.3, -0.25) is 0 Å². The van der Waals surface area contributed by atoms with Crippen LogP contribution in [0.1, 0.15) is 10.6 Å². The maximum atomic E-state index is 11.7. The van der Waals surface area contributed by atoms with E-state index >= 15 is 0 Å². The molecule has 0 unspecified atom stereocenters. The van der Waals surface area contributed by atoms with Crippen LogP contribution in [0.2, 0.25) is 0 Å². The largest absolute Gasteiger partial charge is 0.457 e. The Balaban J connectivity index is 1.89. The number of para-hydroxylation sites is 1. The van der Waals surface area contributed by atoms with E-state index in [1.807, 2.05) is 30.3 Å². The summed E-state index contributed by atoms with van der Waals surface area (Å²) >= 11 is 0. The maximum absolute atomic E-state index is 11.7. The molecule has 0 saturated carbocycles. The molecule has 2 heterocycles. The number of hydrogen-bond donors (Lipinski definition) is 0. The van der Waals surface area contributed by atoms with Crippen LogP contribution < -0.4 is 4.74 Å². The van der Waals surface area contributed by atoms with Gasteiger partial charge in [-0.1, -0.05) is 18.2 Å². The van der Waals surface area contributed by atoms with Crippen molar-refractivity contribution in [3.63, 3.8) is 0 Å². The Hall–Kier alpha value is -2.62. The number of pyridine rings is 1. The fourth-order valence-corrected chi connectivity index (χ4v) is 1.64. The molecule has 0 fully saturated rings. The maximum Gasteiger partial charge on any atom is 0.380 e. The highest BCUT2D eigenvalue weighted by Crippen LogP contribution is 2.17. The summed E-state index contributed by atoms with van der Waals surface area (Å²) in [6, 6.07) is 14.3. The Morgan fingerprint density at radius 3 is 2.78 bits per heavy atom. The summed E-state index contributed by atoms with van der Waals surface area (Å²) in [4.78, 5) is 15.9. The van der Waals surface area contributed by atoms with Gasteiger partial charge in [-0.15, -0.1) is 0 Å². The molecular weight excluding hydrogens is 230 g/mol. The molecule has 0 aliphatic carbocycles. The van der Waals surface area contributed by atoms with E-state index in [4.69, 9.17) is 9.15 Å². The number of carbonyl (C=O) groups is 1. The molecule has 0 atom stereocenters. The van der Waals surface area contributed by atoms with Crippen LogP contribution in [0.3, 0.4) is 0 Å². The van der Waals surface area contributed by atoms with Crippen LogP contribution in [0.4, 0.5) is 0 Å². The molecule has 0 bridgehead atoms. The number of hydrogen-bond acceptors (Lipinski definition) is 4. The summed E-state index contributed by atoms with van der Waals surface area (Å²) in [7, 11) is 0. The average molecular weight is 239 g/mol. The number of benzene rings is 1. The molecular formula is C14H9NO3. The Labute approximate surface area is 103 Å². The summed E-state index contributed by atoms with van der Waals surface area (Å²) in [5.41, 5.74) is 0.780. The van der Waals surface area contributed by atoms with Crippen LogP contribution in [-0.2, 0) is 0 Å². The molecule has 0 spiro atoms. The van der Waals surface area contributed by atoms with E-state index in [0.29, 0.717) is 0 Å². The molecule has 4 nitrogen and oxygen atoms in total. The summed E-state index contributed by atoms with van der Waals surface area (Å²) < 4.78 is 10.1. The second-order valence-electron chi connectivity index (χ2n) is 3.71. The molecule has 18 heavy (non-hydrogen) atoms. The van der Waals surface area contributed by atoms with E-state index in [-0.39, 0.29) is 11.6 Å². The van der Waals surface area contributed by atoms with Gasteiger partial charge in [0.1, 0.15) is 0 Å². The number of ether oxygens (including phenoxy) is 1. The van der Waals surface area contributed by atoms with E-state index in [9.17, 15) is 4.79 Å². The minimum atomic E-state index is -0.553. The van der Waals surface area contributed by atoms with Gasteiger partial charge in [0.2, 0.25) is 11.6 Å². The standard InChI is InChI=1S/C14H9NO3/c16-14(12-6-3-9-17-12)18-13-8-7-10-4-1-2-5-11(10)15-13/h1-9H. The quantitative estimate of drug-likeness (QED) is 0.645. The van der Waals surface area contributed by atoms with Crippen molar-refractivity contribution in [2.45, 2.75) is 0 Å². The number of carbonyl (C=O) groups excluding carboxylic acids is 1. The molecule has 2 aromatic heterocycles. The smallest absolute Gasteiger partial charge is 0.380 e. The molecule has 0 aliphatic heterocycles. The summed E-state index contributed by atoms with van der Waals surface area (Å²) in [6.07, 6.45) is 1.42. The van der Waals surface area contributed by atoms with Gasteiger partial charge < -0.3 is 9.15 Å². The third-order valence-electron chi connectivity index (χ3n) is 2.49. The monoisotopic (exact) mass is 239 g/mol. The van der Waals surface area contributed by atoms with Crippen molar-refractivity contribution in [1.82, 2.24) is 4.98 Å². The highest BCUT2D eigenvalue weighted by atomic mass is 16.6. The Morgan fingerprint density at radius 2 is 1.94 bits per heavy atom. The lowest BCUT2D eigenvalue weighted by molar-refractivity contribution is 0.0694. The first-order valence-corrected chi connectivity index (χ1v) is 5.44. The fourth-order valence-electron chi connectivity index (χ4n) is 1.64. The first-order valence-electron chi connectivity index (χ1n) is 5.44. The third kappa shape index (κ3) is 1.96. The van der Waals surface area contributed by atoms with Crippen LogP contribution in [0.5, 0.6) is 5.88 Å². The lowest BCUT2D eigenvalue weighted by Gasteiger charge is -2.02. The summed E-state index contributed by atoms with van der Waals surface area (Å²) in [5.74, 6) is -0.136. The van der Waals surface area contributed by atoms with Crippen LogP contribution in [0, 0.1) is 0 Å². The first-order chi connectivity index (χ1) is 8.83. The number of aromatic nitrogens is 1. The molecule has 88 valence electrons. The Bertz CT molecular complexity index is 689. The highest BCUT2D eigenvalue weighted by Gasteiger charge is 2.12. The predicted octanol–water partition coefficient (Wildman–Crippen LogP) is 3.05. The molecule has 0 N–H and O–H groups in total. The van der Waals surface area contributed by atoms with E-state index in [0.717, 1.165) is 10.9 Å². The number of rotatable bonds is 2. The van der Waals surface area contributed by atoms with Gasteiger partial charge in [0.15, 0.2) is 0 Å². The topological polar surface area (TPSA) is 52.3 Å². The van der Waals surface area contributed by atoms with Crippen molar-refractivity contribution in [1.29, 1.82) is 0 Å². The zero-order chi connectivity index (χ0) is 12.4. The first kappa shape index (κ1) is 10.5. The fraction of sp³-hybridized carbons (Fsp3) is 0. The zero-order valence-electron chi connectivity index (χ0n) is 9.37. The van der Waals surface area contributed by atoms with Gasteiger partial charge in [0.25, 0.3) is 0 Å². The molecule has 0 aliphatic rings. The average Bonchev–Trinajstić information content (AvgIpc) is 2.92. The molecule has 3 aromatic rings.